The molecule has 0 fully saturated rings. The Kier molecular flexibility index (Phi) is 5.38. The number of hydrogen-bond acceptors (Lipinski definition) is 3. The van der Waals surface area contributed by atoms with Gasteiger partial charge in [-0.15, -0.1) is 0 Å². The van der Waals surface area contributed by atoms with E-state index in [9.17, 15) is 4.79 Å². The van der Waals surface area contributed by atoms with Crippen molar-refractivity contribution in [3.8, 4) is 11.4 Å². The van der Waals surface area contributed by atoms with E-state index in [-0.39, 0.29) is 5.91 Å². The number of nitrogens with zero attached hydrogens (tertiary/aromatic N) is 2. The molecule has 5 nitrogen and oxygen atoms in total. The first-order valence-corrected chi connectivity index (χ1v) is 9.32. The molecule has 0 aliphatic rings. The summed E-state index contributed by atoms with van der Waals surface area (Å²) in [5.41, 5.74) is 3.04. The van der Waals surface area contributed by atoms with Crippen LogP contribution in [0.2, 0.25) is 0 Å². The summed E-state index contributed by atoms with van der Waals surface area (Å²) in [7, 11) is 1.66. The normalized spacial score (nSPS) is 11.1. The number of aromatic nitrogens is 2. The molecule has 0 saturated carbocycles. The predicted molar refractivity (Wildman–Crippen MR) is 115 cm³/mol. The summed E-state index contributed by atoms with van der Waals surface area (Å²) in [6.07, 6.45) is 8.74. The van der Waals surface area contributed by atoms with Gasteiger partial charge in [0.15, 0.2) is 0 Å². The Labute approximate surface area is 169 Å². The van der Waals surface area contributed by atoms with E-state index in [1.165, 1.54) is 0 Å². The molecule has 144 valence electrons. The van der Waals surface area contributed by atoms with Gasteiger partial charge < -0.3 is 14.6 Å². The van der Waals surface area contributed by atoms with Crippen molar-refractivity contribution in [2.75, 3.05) is 7.11 Å². The van der Waals surface area contributed by atoms with Gasteiger partial charge in [-0.1, -0.05) is 30.3 Å². The molecule has 1 aromatic heterocycles. The third-order valence-corrected chi connectivity index (χ3v) is 4.70. The molecule has 0 aliphatic carbocycles. The van der Waals surface area contributed by atoms with E-state index < -0.39 is 0 Å². The Morgan fingerprint density at radius 1 is 1.07 bits per heavy atom. The second-order valence-corrected chi connectivity index (χ2v) is 6.66. The number of hydrogen-bond donors (Lipinski definition) is 1. The fraction of sp³-hybridized carbons (Fsp3) is 0.0833. The maximum absolute atomic E-state index is 12.2. The van der Waals surface area contributed by atoms with Gasteiger partial charge >= 0.3 is 0 Å². The standard InChI is InChI=1S/C24H21N3O2/c1-29-23-10-7-20-14-19(2-6-21(20)15-23)16-26-24(28)11-5-18-3-8-22(9-4-18)27-13-12-25-17-27/h2-15,17H,16H2,1H3,(H,26,28)/b11-5+. The van der Waals surface area contributed by atoms with Crippen LogP contribution in [-0.2, 0) is 11.3 Å². The highest BCUT2D eigenvalue weighted by Crippen LogP contribution is 2.21. The van der Waals surface area contributed by atoms with Gasteiger partial charge in [-0.2, -0.15) is 0 Å². The lowest BCUT2D eigenvalue weighted by Crippen LogP contribution is -2.20. The van der Waals surface area contributed by atoms with Crippen molar-refractivity contribution in [3.63, 3.8) is 0 Å². The molecule has 1 heterocycles. The summed E-state index contributed by atoms with van der Waals surface area (Å²) < 4.78 is 7.18. The van der Waals surface area contributed by atoms with Crippen LogP contribution in [0.15, 0.2) is 85.5 Å². The summed E-state index contributed by atoms with van der Waals surface area (Å²) in [6.45, 7) is 0.477. The monoisotopic (exact) mass is 383 g/mol. The first kappa shape index (κ1) is 18.5. The molecular weight excluding hydrogens is 362 g/mol. The van der Waals surface area contributed by atoms with Crippen molar-refractivity contribution in [3.05, 3.63) is 96.6 Å². The maximum atomic E-state index is 12.2. The van der Waals surface area contributed by atoms with E-state index in [1.807, 2.05) is 65.4 Å². The number of fused-ring (bicyclic) bond motifs is 1. The minimum atomic E-state index is -0.126. The van der Waals surface area contributed by atoms with Crippen molar-refractivity contribution in [2.45, 2.75) is 6.54 Å². The number of amides is 1. The number of carbonyl (C=O) groups excluding carboxylic acids is 1. The van der Waals surface area contributed by atoms with Crippen LogP contribution in [-0.4, -0.2) is 22.6 Å². The summed E-state index contributed by atoms with van der Waals surface area (Å²) >= 11 is 0. The predicted octanol–water partition coefficient (Wildman–Crippen LogP) is 4.36. The molecule has 29 heavy (non-hydrogen) atoms. The zero-order valence-corrected chi connectivity index (χ0v) is 16.1. The highest BCUT2D eigenvalue weighted by atomic mass is 16.5. The van der Waals surface area contributed by atoms with Crippen LogP contribution >= 0.6 is 0 Å². The van der Waals surface area contributed by atoms with E-state index >= 15 is 0 Å². The molecule has 0 bridgehead atoms. The van der Waals surface area contributed by atoms with Gasteiger partial charge in [-0.05, 0) is 58.3 Å². The lowest BCUT2D eigenvalue weighted by Gasteiger charge is -2.06. The van der Waals surface area contributed by atoms with Crippen molar-refractivity contribution in [1.82, 2.24) is 14.9 Å². The van der Waals surface area contributed by atoms with Gasteiger partial charge in [0.05, 0.1) is 13.4 Å². The van der Waals surface area contributed by atoms with Crippen molar-refractivity contribution < 1.29 is 9.53 Å². The molecular formula is C24H21N3O2. The molecule has 0 atom stereocenters. The fourth-order valence-corrected chi connectivity index (χ4v) is 3.10. The number of methoxy groups -OCH3 is 1. The first-order valence-electron chi connectivity index (χ1n) is 9.32. The third-order valence-electron chi connectivity index (χ3n) is 4.70. The van der Waals surface area contributed by atoms with Gasteiger partial charge in [0.25, 0.3) is 0 Å². The maximum Gasteiger partial charge on any atom is 0.244 e. The molecule has 0 aliphatic heterocycles. The Morgan fingerprint density at radius 3 is 2.62 bits per heavy atom. The minimum Gasteiger partial charge on any atom is -0.497 e. The summed E-state index contributed by atoms with van der Waals surface area (Å²) in [4.78, 5) is 16.2. The molecule has 1 N–H and O–H groups in total. The number of nitrogens with one attached hydrogen (secondary N) is 1. The molecule has 0 radical (unpaired) electrons. The largest absolute Gasteiger partial charge is 0.497 e. The van der Waals surface area contributed by atoms with Crippen LogP contribution < -0.4 is 10.1 Å². The average molecular weight is 383 g/mol. The molecule has 4 rings (SSSR count). The highest BCUT2D eigenvalue weighted by Gasteiger charge is 2.01. The zero-order chi connectivity index (χ0) is 20.1. The van der Waals surface area contributed by atoms with Gasteiger partial charge in [0, 0.05) is 30.7 Å². The van der Waals surface area contributed by atoms with Crippen LogP contribution in [0.1, 0.15) is 11.1 Å². The number of benzene rings is 3. The lowest BCUT2D eigenvalue weighted by atomic mass is 10.1. The second-order valence-electron chi connectivity index (χ2n) is 6.66. The Morgan fingerprint density at radius 2 is 1.86 bits per heavy atom. The Balaban J connectivity index is 1.35. The third kappa shape index (κ3) is 4.52. The fourth-order valence-electron chi connectivity index (χ4n) is 3.10. The quantitative estimate of drug-likeness (QED) is 0.503. The molecule has 0 saturated heterocycles. The number of rotatable bonds is 6. The summed E-state index contributed by atoms with van der Waals surface area (Å²) in [6, 6.07) is 20.0. The Bertz CT molecular complexity index is 1150. The number of imidazole rings is 1. The van der Waals surface area contributed by atoms with Crippen LogP contribution in [0.25, 0.3) is 22.5 Å². The van der Waals surface area contributed by atoms with E-state index in [2.05, 4.69) is 16.4 Å². The average Bonchev–Trinajstić information content (AvgIpc) is 3.31. The van der Waals surface area contributed by atoms with Crippen LogP contribution in [0, 0.1) is 0 Å². The summed E-state index contributed by atoms with van der Waals surface area (Å²) in [5.74, 6) is 0.709. The van der Waals surface area contributed by atoms with E-state index in [1.54, 1.807) is 31.8 Å². The molecule has 4 aromatic rings. The van der Waals surface area contributed by atoms with E-state index in [0.29, 0.717) is 6.54 Å². The van der Waals surface area contributed by atoms with Gasteiger partial charge in [-0.25, -0.2) is 4.98 Å². The summed E-state index contributed by atoms with van der Waals surface area (Å²) in [5, 5.41) is 5.15. The molecule has 1 amide bonds. The molecule has 5 heteroatoms. The van der Waals surface area contributed by atoms with Crippen LogP contribution in [0.4, 0.5) is 0 Å². The molecule has 3 aromatic carbocycles. The van der Waals surface area contributed by atoms with Crippen molar-refractivity contribution >= 4 is 22.8 Å². The Hall–Kier alpha value is -3.86. The molecule has 0 spiro atoms. The minimum absolute atomic E-state index is 0.126. The van der Waals surface area contributed by atoms with E-state index in [4.69, 9.17) is 4.74 Å². The lowest BCUT2D eigenvalue weighted by molar-refractivity contribution is -0.116. The number of ether oxygens (including phenoxy) is 1. The second kappa shape index (κ2) is 8.44. The van der Waals surface area contributed by atoms with Crippen LogP contribution in [0.5, 0.6) is 5.75 Å². The van der Waals surface area contributed by atoms with Crippen molar-refractivity contribution in [2.24, 2.45) is 0 Å². The van der Waals surface area contributed by atoms with Gasteiger partial charge in [0.1, 0.15) is 5.75 Å². The zero-order valence-electron chi connectivity index (χ0n) is 16.1. The highest BCUT2D eigenvalue weighted by molar-refractivity contribution is 5.91. The van der Waals surface area contributed by atoms with Gasteiger partial charge in [-0.3, -0.25) is 4.79 Å². The van der Waals surface area contributed by atoms with Gasteiger partial charge in [0.2, 0.25) is 5.91 Å². The first-order chi connectivity index (χ1) is 14.2. The molecule has 0 unspecified atom stereocenters. The van der Waals surface area contributed by atoms with Crippen LogP contribution in [0.3, 0.4) is 0 Å². The number of carbonyl (C=O) groups is 1. The SMILES string of the molecule is COc1ccc2cc(CNC(=O)/C=C/c3ccc(-n4ccnc4)cc3)ccc2c1. The topological polar surface area (TPSA) is 56.1 Å². The van der Waals surface area contributed by atoms with Crippen molar-refractivity contribution in [1.29, 1.82) is 0 Å². The smallest absolute Gasteiger partial charge is 0.244 e. The van der Waals surface area contributed by atoms with E-state index in [0.717, 1.165) is 33.3 Å².